The molecule has 0 aliphatic carbocycles. The van der Waals surface area contributed by atoms with Gasteiger partial charge in [0.2, 0.25) is 5.75 Å². The van der Waals surface area contributed by atoms with Crippen LogP contribution in [0.5, 0.6) is 17.2 Å². The van der Waals surface area contributed by atoms with Gasteiger partial charge >= 0.3 is 0 Å². The van der Waals surface area contributed by atoms with Crippen LogP contribution in [0.25, 0.3) is 44.1 Å². The maximum absolute atomic E-state index is 10.6. The van der Waals surface area contributed by atoms with Crippen LogP contribution in [0.4, 0.5) is 0 Å². The van der Waals surface area contributed by atoms with Crippen molar-refractivity contribution in [3.8, 4) is 39.5 Å². The normalized spacial score (nSPS) is 11.4. The fraction of sp³-hybridized carbons (Fsp3) is 0.120. The quantitative estimate of drug-likeness (QED) is 0.399. The van der Waals surface area contributed by atoms with Gasteiger partial charge in [-0.1, -0.05) is 36.4 Å². The Bertz CT molecular complexity index is 1430. The SMILES string of the molecule is COc1c(O)c(O)cc(-c2cn(C)c3ccccc23)c1-c1cn(C)c2ccccc12. The topological polar surface area (TPSA) is 59.5 Å². The van der Waals surface area contributed by atoms with Gasteiger partial charge in [-0.05, 0) is 23.8 Å². The molecule has 0 spiro atoms. The smallest absolute Gasteiger partial charge is 0.201 e. The van der Waals surface area contributed by atoms with E-state index in [9.17, 15) is 10.2 Å². The molecule has 5 aromatic rings. The fourth-order valence-electron chi connectivity index (χ4n) is 4.41. The number of hydrogen-bond donors (Lipinski definition) is 2. The van der Waals surface area contributed by atoms with Crippen molar-refractivity contribution in [1.82, 2.24) is 9.13 Å². The monoisotopic (exact) mass is 398 g/mol. The molecule has 0 saturated carbocycles. The van der Waals surface area contributed by atoms with Gasteiger partial charge in [0.25, 0.3) is 0 Å². The van der Waals surface area contributed by atoms with Crippen LogP contribution in [-0.2, 0) is 14.1 Å². The Labute approximate surface area is 174 Å². The summed E-state index contributed by atoms with van der Waals surface area (Å²) in [5.41, 5.74) is 5.61. The van der Waals surface area contributed by atoms with E-state index in [0.29, 0.717) is 0 Å². The van der Waals surface area contributed by atoms with E-state index in [4.69, 9.17) is 4.74 Å². The van der Waals surface area contributed by atoms with Gasteiger partial charge in [0.15, 0.2) is 11.5 Å². The Kier molecular flexibility index (Phi) is 4.00. The number of aromatic nitrogens is 2. The first-order valence-corrected chi connectivity index (χ1v) is 9.73. The van der Waals surface area contributed by atoms with Crippen LogP contribution in [0.15, 0.2) is 67.0 Å². The number of aromatic hydroxyl groups is 2. The second-order valence-electron chi connectivity index (χ2n) is 7.54. The third-order valence-electron chi connectivity index (χ3n) is 5.79. The number of methoxy groups -OCH3 is 1. The van der Waals surface area contributed by atoms with Gasteiger partial charge in [-0.3, -0.25) is 0 Å². The number of hydrogen-bond acceptors (Lipinski definition) is 3. The molecule has 0 fully saturated rings. The fourth-order valence-corrected chi connectivity index (χ4v) is 4.41. The lowest BCUT2D eigenvalue weighted by atomic mass is 9.92. The van der Waals surface area contributed by atoms with E-state index in [0.717, 1.165) is 44.1 Å². The zero-order valence-electron chi connectivity index (χ0n) is 17.0. The highest BCUT2D eigenvalue weighted by Crippen LogP contribution is 2.51. The lowest BCUT2D eigenvalue weighted by Crippen LogP contribution is -1.93. The van der Waals surface area contributed by atoms with E-state index >= 15 is 0 Å². The van der Waals surface area contributed by atoms with Gasteiger partial charge in [-0.2, -0.15) is 0 Å². The highest BCUT2D eigenvalue weighted by Gasteiger charge is 2.25. The number of phenolic OH excluding ortho intramolecular Hbond substituents is 2. The standard InChI is InChI=1S/C25H22N2O3/c1-26-13-18(15-8-4-6-10-20(15)26)17-12-22(28)24(29)25(30-3)23(17)19-14-27(2)21-11-7-5-9-16(19)21/h4-14,28-29H,1-3H3. The molecule has 0 atom stereocenters. The minimum atomic E-state index is -0.260. The van der Waals surface area contributed by atoms with Gasteiger partial charge < -0.3 is 24.1 Å². The van der Waals surface area contributed by atoms with Gasteiger partial charge in [0.05, 0.1) is 7.11 Å². The molecule has 0 saturated heterocycles. The third kappa shape index (κ3) is 2.48. The summed E-state index contributed by atoms with van der Waals surface area (Å²) in [5, 5.41) is 23.2. The molecule has 0 radical (unpaired) electrons. The lowest BCUT2D eigenvalue weighted by Gasteiger charge is -2.16. The molecule has 2 N–H and O–H groups in total. The number of nitrogens with zero attached hydrogens (tertiary/aromatic N) is 2. The lowest BCUT2D eigenvalue weighted by molar-refractivity contribution is 0.352. The summed E-state index contributed by atoms with van der Waals surface area (Å²) < 4.78 is 9.74. The Morgan fingerprint density at radius 2 is 1.27 bits per heavy atom. The summed E-state index contributed by atoms with van der Waals surface area (Å²) >= 11 is 0. The van der Waals surface area contributed by atoms with Gasteiger partial charge in [-0.25, -0.2) is 0 Å². The van der Waals surface area contributed by atoms with Crippen molar-refractivity contribution >= 4 is 21.8 Å². The van der Waals surface area contributed by atoms with Crippen molar-refractivity contribution in [2.45, 2.75) is 0 Å². The summed E-state index contributed by atoms with van der Waals surface area (Å²) in [6, 6.07) is 17.9. The van der Waals surface area contributed by atoms with Crippen molar-refractivity contribution in [3.05, 3.63) is 67.0 Å². The Hall–Kier alpha value is -3.86. The van der Waals surface area contributed by atoms with Crippen LogP contribution in [-0.4, -0.2) is 26.5 Å². The zero-order chi connectivity index (χ0) is 21.0. The van der Waals surface area contributed by atoms with Crippen LogP contribution in [0.3, 0.4) is 0 Å². The summed E-state index contributed by atoms with van der Waals surface area (Å²) in [6.07, 6.45) is 4.08. The maximum atomic E-state index is 10.6. The number of para-hydroxylation sites is 2. The van der Waals surface area contributed by atoms with E-state index in [1.165, 1.54) is 7.11 Å². The third-order valence-corrected chi connectivity index (χ3v) is 5.79. The average molecular weight is 398 g/mol. The van der Waals surface area contributed by atoms with Crippen molar-refractivity contribution in [1.29, 1.82) is 0 Å². The molecule has 0 aliphatic rings. The molecule has 0 unspecified atom stereocenters. The predicted octanol–water partition coefficient (Wildman–Crippen LogP) is 5.42. The maximum Gasteiger partial charge on any atom is 0.201 e. The molecule has 2 heterocycles. The van der Waals surface area contributed by atoms with Crippen LogP contribution >= 0.6 is 0 Å². The number of phenols is 2. The Balaban J connectivity index is 1.94. The molecule has 2 aromatic heterocycles. The highest BCUT2D eigenvalue weighted by molar-refractivity contribution is 6.07. The second-order valence-corrected chi connectivity index (χ2v) is 7.54. The molecular weight excluding hydrogens is 376 g/mol. The van der Waals surface area contributed by atoms with Crippen molar-refractivity contribution in [2.75, 3.05) is 7.11 Å². The molecule has 0 bridgehead atoms. The van der Waals surface area contributed by atoms with Gasteiger partial charge in [0.1, 0.15) is 0 Å². The molecule has 0 aliphatic heterocycles. The van der Waals surface area contributed by atoms with Crippen molar-refractivity contribution < 1.29 is 14.9 Å². The summed E-state index contributed by atoms with van der Waals surface area (Å²) in [5.74, 6) is -0.211. The zero-order valence-corrected chi connectivity index (χ0v) is 17.0. The molecule has 0 amide bonds. The Morgan fingerprint density at radius 3 is 1.87 bits per heavy atom. The van der Waals surface area contributed by atoms with Crippen LogP contribution in [0.1, 0.15) is 0 Å². The largest absolute Gasteiger partial charge is 0.504 e. The summed E-state index contributed by atoms with van der Waals surface area (Å²) in [6.45, 7) is 0. The molecule has 5 heteroatoms. The summed E-state index contributed by atoms with van der Waals surface area (Å²) in [7, 11) is 5.51. The number of rotatable bonds is 3. The second kappa shape index (κ2) is 6.59. The van der Waals surface area contributed by atoms with Crippen molar-refractivity contribution in [2.24, 2.45) is 14.1 Å². The van der Waals surface area contributed by atoms with Crippen LogP contribution in [0, 0.1) is 0 Å². The number of benzene rings is 3. The average Bonchev–Trinajstić information content (AvgIpc) is 3.27. The molecule has 150 valence electrons. The highest BCUT2D eigenvalue weighted by atomic mass is 16.5. The molecule has 30 heavy (non-hydrogen) atoms. The van der Waals surface area contributed by atoms with Crippen LogP contribution < -0.4 is 4.74 Å². The minimum Gasteiger partial charge on any atom is -0.504 e. The molecule has 5 nitrogen and oxygen atoms in total. The Morgan fingerprint density at radius 1 is 0.733 bits per heavy atom. The first-order valence-electron chi connectivity index (χ1n) is 9.73. The molecule has 3 aromatic carbocycles. The van der Waals surface area contributed by atoms with Gasteiger partial charge in [0, 0.05) is 65.0 Å². The first kappa shape index (κ1) is 18.2. The number of aryl methyl sites for hydroxylation is 2. The predicted molar refractivity (Wildman–Crippen MR) is 120 cm³/mol. The molecular formula is C25H22N2O3. The first-order chi connectivity index (χ1) is 14.5. The van der Waals surface area contributed by atoms with E-state index in [2.05, 4.69) is 33.4 Å². The van der Waals surface area contributed by atoms with Gasteiger partial charge in [-0.15, -0.1) is 0 Å². The number of fused-ring (bicyclic) bond motifs is 2. The number of ether oxygens (including phenoxy) is 1. The molecule has 5 rings (SSSR count). The van der Waals surface area contributed by atoms with E-state index < -0.39 is 0 Å². The van der Waals surface area contributed by atoms with Crippen molar-refractivity contribution in [3.63, 3.8) is 0 Å². The summed E-state index contributed by atoms with van der Waals surface area (Å²) in [4.78, 5) is 0. The van der Waals surface area contributed by atoms with E-state index in [1.807, 2.05) is 50.8 Å². The minimum absolute atomic E-state index is 0.209. The van der Waals surface area contributed by atoms with E-state index in [-0.39, 0.29) is 17.2 Å². The van der Waals surface area contributed by atoms with E-state index in [1.54, 1.807) is 6.07 Å². The van der Waals surface area contributed by atoms with Crippen LogP contribution in [0.2, 0.25) is 0 Å².